The van der Waals surface area contributed by atoms with E-state index in [1.54, 1.807) is 18.4 Å². The van der Waals surface area contributed by atoms with Gasteiger partial charge in [-0.1, -0.05) is 23.2 Å². The van der Waals surface area contributed by atoms with Gasteiger partial charge in [0.15, 0.2) is 0 Å². The Balaban J connectivity index is 2.27. The smallest absolute Gasteiger partial charge is 0.261 e. The minimum absolute atomic E-state index is 0.0231. The normalized spacial score (nSPS) is 10.2. The minimum Gasteiger partial charge on any atom is -0.288 e. The van der Waals surface area contributed by atoms with Crippen molar-refractivity contribution in [2.24, 2.45) is 0 Å². The molecule has 2 amide bonds. The molecule has 108 valence electrons. The van der Waals surface area contributed by atoms with Gasteiger partial charge in [0.2, 0.25) is 0 Å². The number of hydrogen-bond acceptors (Lipinski definition) is 5. The van der Waals surface area contributed by atoms with E-state index in [-0.39, 0.29) is 21.2 Å². The van der Waals surface area contributed by atoms with Crippen molar-refractivity contribution in [3.05, 3.63) is 51.9 Å². The summed E-state index contributed by atoms with van der Waals surface area (Å²) < 4.78 is 0. The van der Waals surface area contributed by atoms with Crippen LogP contribution < -0.4 is 5.32 Å². The predicted octanol–water partition coefficient (Wildman–Crippen LogP) is 3.08. The molecule has 0 radical (unpaired) electrons. The van der Waals surface area contributed by atoms with Crippen LogP contribution in [0, 0.1) is 0 Å². The Morgan fingerprint density at radius 1 is 1.24 bits per heavy atom. The van der Waals surface area contributed by atoms with Crippen molar-refractivity contribution in [1.82, 2.24) is 15.3 Å². The summed E-state index contributed by atoms with van der Waals surface area (Å²) in [5.74, 6) is -1.26. The van der Waals surface area contributed by atoms with E-state index in [0.29, 0.717) is 5.03 Å². The van der Waals surface area contributed by atoms with Crippen LogP contribution in [0.2, 0.25) is 10.0 Å². The Bertz CT molecular complexity index is 695. The topological polar surface area (TPSA) is 72.0 Å². The summed E-state index contributed by atoms with van der Waals surface area (Å²) in [5.41, 5.74) is 0.284. The maximum atomic E-state index is 12.2. The summed E-state index contributed by atoms with van der Waals surface area (Å²) in [6.07, 6.45) is 5.97. The van der Waals surface area contributed by atoms with Gasteiger partial charge in [-0.2, -0.15) is 0 Å². The molecular weight excluding hydrogens is 333 g/mol. The number of carbonyl (C=O) groups excluding carboxylic acids is 2. The van der Waals surface area contributed by atoms with E-state index in [1.165, 1.54) is 30.4 Å². The molecule has 0 spiro atoms. The highest BCUT2D eigenvalue weighted by Crippen LogP contribution is 2.31. The van der Waals surface area contributed by atoms with Gasteiger partial charge < -0.3 is 0 Å². The number of aromatic nitrogens is 2. The van der Waals surface area contributed by atoms with Crippen molar-refractivity contribution < 1.29 is 9.59 Å². The van der Waals surface area contributed by atoms with E-state index < -0.39 is 11.8 Å². The third-order valence-corrected chi connectivity index (χ3v) is 3.98. The van der Waals surface area contributed by atoms with Crippen LogP contribution in [0.25, 0.3) is 0 Å². The first-order chi connectivity index (χ1) is 10.0. The first kappa shape index (κ1) is 15.8. The van der Waals surface area contributed by atoms with Crippen LogP contribution in [0.15, 0.2) is 35.7 Å². The van der Waals surface area contributed by atoms with Crippen LogP contribution in [0.5, 0.6) is 0 Å². The highest BCUT2D eigenvalue weighted by molar-refractivity contribution is 7.98. The minimum atomic E-state index is -0.684. The first-order valence-corrected chi connectivity index (χ1v) is 7.66. The number of nitrogens with one attached hydrogen (secondary N) is 1. The summed E-state index contributed by atoms with van der Waals surface area (Å²) in [6, 6.07) is 3.14. The largest absolute Gasteiger partial charge is 0.288 e. The molecular formula is C13H9Cl2N3O2S. The van der Waals surface area contributed by atoms with Gasteiger partial charge in [-0.3, -0.25) is 19.9 Å². The number of imide groups is 1. The number of amides is 2. The molecule has 2 heterocycles. The number of rotatable bonds is 3. The lowest BCUT2D eigenvalue weighted by molar-refractivity contribution is 0.0849. The quantitative estimate of drug-likeness (QED) is 0.686. The first-order valence-electron chi connectivity index (χ1n) is 5.68. The molecule has 0 saturated heterocycles. The number of halogens is 2. The lowest BCUT2D eigenvalue weighted by atomic mass is 10.2. The molecule has 0 fully saturated rings. The van der Waals surface area contributed by atoms with Crippen molar-refractivity contribution in [3.63, 3.8) is 0 Å². The molecule has 0 saturated carbocycles. The second-order valence-electron chi connectivity index (χ2n) is 3.83. The van der Waals surface area contributed by atoms with Crippen molar-refractivity contribution in [2.75, 3.05) is 6.26 Å². The number of hydrogen-bond donors (Lipinski definition) is 1. The molecule has 0 atom stereocenters. The molecule has 2 rings (SSSR count). The summed E-state index contributed by atoms with van der Waals surface area (Å²) in [7, 11) is 0. The maximum absolute atomic E-state index is 12.2. The zero-order valence-corrected chi connectivity index (χ0v) is 13.1. The molecule has 8 heteroatoms. The van der Waals surface area contributed by atoms with Crippen LogP contribution >= 0.6 is 35.0 Å². The Labute approximate surface area is 135 Å². The van der Waals surface area contributed by atoms with E-state index >= 15 is 0 Å². The van der Waals surface area contributed by atoms with Crippen LogP contribution in [0.1, 0.15) is 20.7 Å². The van der Waals surface area contributed by atoms with E-state index in [9.17, 15) is 9.59 Å². The molecule has 0 aromatic carbocycles. The molecule has 0 unspecified atom stereocenters. The van der Waals surface area contributed by atoms with Crippen molar-refractivity contribution in [1.29, 1.82) is 0 Å². The summed E-state index contributed by atoms with van der Waals surface area (Å²) >= 11 is 13.3. The summed E-state index contributed by atoms with van der Waals surface area (Å²) in [6.45, 7) is 0. The van der Waals surface area contributed by atoms with Gasteiger partial charge in [-0.05, 0) is 18.4 Å². The van der Waals surface area contributed by atoms with Gasteiger partial charge in [0.1, 0.15) is 5.03 Å². The highest BCUT2D eigenvalue weighted by Gasteiger charge is 2.21. The SMILES string of the molecule is CSc1ncc(Cl)c(C(=O)NC(=O)c2cccnc2)c1Cl. The zero-order valence-electron chi connectivity index (χ0n) is 10.8. The molecule has 5 nitrogen and oxygen atoms in total. The second kappa shape index (κ2) is 6.89. The van der Waals surface area contributed by atoms with Gasteiger partial charge in [-0.15, -0.1) is 11.8 Å². The standard InChI is InChI=1S/C13H9Cl2N3O2S/c1-21-13-10(15)9(8(14)6-17-13)12(20)18-11(19)7-3-2-4-16-5-7/h2-6H,1H3,(H,18,19,20). The van der Waals surface area contributed by atoms with Crippen LogP contribution in [0.3, 0.4) is 0 Å². The van der Waals surface area contributed by atoms with Gasteiger partial charge in [0.05, 0.1) is 21.2 Å². The molecule has 2 aromatic heterocycles. The van der Waals surface area contributed by atoms with Gasteiger partial charge in [0, 0.05) is 18.6 Å². The molecule has 21 heavy (non-hydrogen) atoms. The fourth-order valence-corrected chi connectivity index (χ4v) is 2.72. The van der Waals surface area contributed by atoms with Crippen molar-refractivity contribution >= 4 is 46.8 Å². The zero-order chi connectivity index (χ0) is 15.4. The van der Waals surface area contributed by atoms with Crippen LogP contribution in [-0.4, -0.2) is 28.0 Å². The predicted molar refractivity (Wildman–Crippen MR) is 82.1 cm³/mol. The van der Waals surface area contributed by atoms with E-state index in [0.717, 1.165) is 0 Å². The average Bonchev–Trinajstić information content (AvgIpc) is 2.48. The number of thioether (sulfide) groups is 1. The Kier molecular flexibility index (Phi) is 5.17. The second-order valence-corrected chi connectivity index (χ2v) is 5.41. The van der Waals surface area contributed by atoms with Gasteiger partial charge in [-0.25, -0.2) is 4.98 Å². The Morgan fingerprint density at radius 2 is 2.00 bits per heavy atom. The third-order valence-electron chi connectivity index (χ3n) is 2.51. The fourth-order valence-electron chi connectivity index (χ4n) is 1.53. The molecule has 1 N–H and O–H groups in total. The van der Waals surface area contributed by atoms with Crippen LogP contribution in [0.4, 0.5) is 0 Å². The molecule has 2 aromatic rings. The Morgan fingerprint density at radius 3 is 2.62 bits per heavy atom. The van der Waals surface area contributed by atoms with Crippen molar-refractivity contribution in [2.45, 2.75) is 5.03 Å². The summed E-state index contributed by atoms with van der Waals surface area (Å²) in [5, 5.41) is 2.88. The third kappa shape index (κ3) is 3.53. The number of pyridine rings is 2. The molecule has 0 aliphatic heterocycles. The highest BCUT2D eigenvalue weighted by atomic mass is 35.5. The molecule has 0 aliphatic carbocycles. The lowest BCUT2D eigenvalue weighted by Crippen LogP contribution is -2.31. The number of nitrogens with zero attached hydrogens (tertiary/aromatic N) is 2. The van der Waals surface area contributed by atoms with E-state index in [2.05, 4.69) is 15.3 Å². The Hall–Kier alpha value is -1.63. The lowest BCUT2D eigenvalue weighted by Gasteiger charge is -2.09. The van der Waals surface area contributed by atoms with E-state index in [4.69, 9.17) is 23.2 Å². The number of carbonyl (C=O) groups is 2. The summed E-state index contributed by atoms with van der Waals surface area (Å²) in [4.78, 5) is 31.9. The molecule has 0 aliphatic rings. The fraction of sp³-hybridized carbons (Fsp3) is 0.0769. The van der Waals surface area contributed by atoms with Gasteiger partial charge in [0.25, 0.3) is 11.8 Å². The maximum Gasteiger partial charge on any atom is 0.261 e. The monoisotopic (exact) mass is 341 g/mol. The van der Waals surface area contributed by atoms with Crippen molar-refractivity contribution in [3.8, 4) is 0 Å². The molecule has 0 bridgehead atoms. The van der Waals surface area contributed by atoms with Crippen LogP contribution in [-0.2, 0) is 0 Å². The average molecular weight is 342 g/mol. The van der Waals surface area contributed by atoms with Gasteiger partial charge >= 0.3 is 0 Å². The van der Waals surface area contributed by atoms with E-state index in [1.807, 2.05) is 0 Å².